The van der Waals surface area contributed by atoms with Crippen molar-refractivity contribution in [3.8, 4) is 5.88 Å². The second-order valence-electron chi connectivity index (χ2n) is 5.86. The minimum absolute atomic E-state index is 0.159. The van der Waals surface area contributed by atoms with E-state index < -0.39 is 0 Å². The van der Waals surface area contributed by atoms with Gasteiger partial charge in [0.25, 0.3) is 5.91 Å². The van der Waals surface area contributed by atoms with E-state index in [1.807, 2.05) is 6.07 Å². The third-order valence-electron chi connectivity index (χ3n) is 4.20. The van der Waals surface area contributed by atoms with Crippen LogP contribution in [0.5, 0.6) is 5.88 Å². The van der Waals surface area contributed by atoms with Gasteiger partial charge in [-0.25, -0.2) is 4.98 Å². The van der Waals surface area contributed by atoms with Crippen LogP contribution in [0.3, 0.4) is 0 Å². The summed E-state index contributed by atoms with van der Waals surface area (Å²) in [6, 6.07) is 4.96. The van der Waals surface area contributed by atoms with Crippen LogP contribution in [0.1, 0.15) is 34.8 Å². The van der Waals surface area contributed by atoms with Gasteiger partial charge in [-0.2, -0.15) is 0 Å². The minimum Gasteiger partial charge on any atom is -0.481 e. The van der Waals surface area contributed by atoms with Crippen molar-refractivity contribution in [2.24, 2.45) is 5.92 Å². The van der Waals surface area contributed by atoms with Crippen LogP contribution in [0.15, 0.2) is 36.8 Å². The second kappa shape index (κ2) is 7.15. The van der Waals surface area contributed by atoms with Gasteiger partial charge in [0, 0.05) is 24.7 Å². The summed E-state index contributed by atoms with van der Waals surface area (Å²) >= 11 is 5.90. The van der Waals surface area contributed by atoms with Gasteiger partial charge < -0.3 is 15.2 Å². The van der Waals surface area contributed by atoms with Crippen molar-refractivity contribution < 1.29 is 14.6 Å². The number of nitrogens with one attached hydrogen (secondary N) is 1. The Morgan fingerprint density at radius 2 is 2.17 bits per heavy atom. The molecule has 2 N–H and O–H groups in total. The van der Waals surface area contributed by atoms with E-state index in [2.05, 4.69) is 15.3 Å². The lowest BCUT2D eigenvalue weighted by Gasteiger charge is -2.38. The van der Waals surface area contributed by atoms with Gasteiger partial charge in [0.1, 0.15) is 0 Å². The number of aliphatic hydroxyl groups is 1. The van der Waals surface area contributed by atoms with Crippen LogP contribution >= 0.6 is 11.6 Å². The summed E-state index contributed by atoms with van der Waals surface area (Å²) in [5.74, 6) is 0.412. The monoisotopic (exact) mass is 347 g/mol. The number of methoxy groups -OCH3 is 1. The fourth-order valence-corrected chi connectivity index (χ4v) is 3.01. The summed E-state index contributed by atoms with van der Waals surface area (Å²) in [6.07, 6.45) is 5.61. The van der Waals surface area contributed by atoms with E-state index in [-0.39, 0.29) is 24.0 Å². The maximum Gasteiger partial charge on any atom is 0.253 e. The molecule has 1 fully saturated rings. The number of aromatic nitrogens is 2. The molecule has 24 heavy (non-hydrogen) atoms. The molecule has 1 amide bonds. The summed E-state index contributed by atoms with van der Waals surface area (Å²) in [5, 5.41) is 13.0. The van der Waals surface area contributed by atoms with Crippen LogP contribution in [-0.4, -0.2) is 34.2 Å². The van der Waals surface area contributed by atoms with E-state index in [4.69, 9.17) is 16.3 Å². The van der Waals surface area contributed by atoms with Crippen LogP contribution in [0, 0.1) is 5.92 Å². The van der Waals surface area contributed by atoms with Crippen LogP contribution in [0.4, 0.5) is 0 Å². The standard InChI is InChI=1S/C17H18ClN3O3/c1-24-15-3-2-10(8-20-15)16(11-5-14(22)6-11)21-17(23)12-4-13(18)9-19-7-12/h2-4,7-9,11,14,16,22H,5-6H2,1H3,(H,21,23). The molecule has 1 unspecified atom stereocenters. The first-order valence-corrected chi connectivity index (χ1v) is 8.04. The number of hydrogen-bond acceptors (Lipinski definition) is 5. The molecular formula is C17H18ClN3O3. The maximum absolute atomic E-state index is 12.5. The molecule has 0 radical (unpaired) electrons. The molecule has 6 nitrogen and oxygen atoms in total. The largest absolute Gasteiger partial charge is 0.481 e. The molecule has 0 spiro atoms. The second-order valence-corrected chi connectivity index (χ2v) is 6.30. The third kappa shape index (κ3) is 3.66. The van der Waals surface area contributed by atoms with Crippen molar-refractivity contribution >= 4 is 17.5 Å². The first-order valence-electron chi connectivity index (χ1n) is 7.66. The number of hydrogen-bond donors (Lipinski definition) is 2. The third-order valence-corrected chi connectivity index (χ3v) is 4.41. The number of rotatable bonds is 5. The lowest BCUT2D eigenvalue weighted by molar-refractivity contribution is 0.0234. The molecular weight excluding hydrogens is 330 g/mol. The van der Waals surface area contributed by atoms with Gasteiger partial charge in [0.15, 0.2) is 0 Å². The highest BCUT2D eigenvalue weighted by Gasteiger charge is 2.36. The van der Waals surface area contributed by atoms with Gasteiger partial charge >= 0.3 is 0 Å². The quantitative estimate of drug-likeness (QED) is 0.867. The van der Waals surface area contributed by atoms with Gasteiger partial charge in [-0.15, -0.1) is 0 Å². The molecule has 0 bridgehead atoms. The van der Waals surface area contributed by atoms with Crippen LogP contribution < -0.4 is 10.1 Å². The number of ether oxygens (including phenoxy) is 1. The Labute approximate surface area is 144 Å². The van der Waals surface area contributed by atoms with Gasteiger partial charge in [0.2, 0.25) is 5.88 Å². The van der Waals surface area contributed by atoms with Crippen molar-refractivity contribution in [1.29, 1.82) is 0 Å². The topological polar surface area (TPSA) is 84.3 Å². The average molecular weight is 348 g/mol. The van der Waals surface area contributed by atoms with Gasteiger partial charge in [-0.1, -0.05) is 17.7 Å². The number of nitrogens with zero attached hydrogens (tertiary/aromatic N) is 2. The summed E-state index contributed by atoms with van der Waals surface area (Å²) in [7, 11) is 1.55. The van der Waals surface area contributed by atoms with E-state index in [9.17, 15) is 9.90 Å². The zero-order valence-electron chi connectivity index (χ0n) is 13.1. The van der Waals surface area contributed by atoms with Crippen LogP contribution in [0.25, 0.3) is 0 Å². The van der Waals surface area contributed by atoms with Crippen molar-refractivity contribution in [3.63, 3.8) is 0 Å². The maximum atomic E-state index is 12.5. The van der Waals surface area contributed by atoms with Gasteiger partial charge in [-0.3, -0.25) is 9.78 Å². The molecule has 3 rings (SSSR count). The highest BCUT2D eigenvalue weighted by Crippen LogP contribution is 2.38. The lowest BCUT2D eigenvalue weighted by atomic mass is 9.75. The molecule has 0 aliphatic heterocycles. The average Bonchev–Trinajstić information content (AvgIpc) is 2.57. The zero-order chi connectivity index (χ0) is 17.1. The van der Waals surface area contributed by atoms with E-state index in [0.29, 0.717) is 29.3 Å². The van der Waals surface area contributed by atoms with Crippen molar-refractivity contribution in [1.82, 2.24) is 15.3 Å². The minimum atomic E-state index is -0.312. The lowest BCUT2D eigenvalue weighted by Crippen LogP contribution is -2.41. The molecule has 2 aromatic heterocycles. The Balaban J connectivity index is 1.80. The van der Waals surface area contributed by atoms with E-state index >= 15 is 0 Å². The molecule has 1 aliphatic carbocycles. The smallest absolute Gasteiger partial charge is 0.253 e. The summed E-state index contributed by atoms with van der Waals surface area (Å²) in [5.41, 5.74) is 1.27. The summed E-state index contributed by atoms with van der Waals surface area (Å²) in [6.45, 7) is 0. The number of halogens is 1. The Bertz CT molecular complexity index is 717. The first kappa shape index (κ1) is 16.7. The summed E-state index contributed by atoms with van der Waals surface area (Å²) < 4.78 is 5.07. The predicted molar refractivity (Wildman–Crippen MR) is 89.0 cm³/mol. The number of carbonyl (C=O) groups is 1. The van der Waals surface area contributed by atoms with Gasteiger partial charge in [-0.05, 0) is 30.4 Å². The Morgan fingerprint density at radius 1 is 1.38 bits per heavy atom. The summed E-state index contributed by atoms with van der Waals surface area (Å²) in [4.78, 5) is 20.7. The Kier molecular flexibility index (Phi) is 4.97. The number of pyridine rings is 2. The first-order chi connectivity index (χ1) is 11.6. The van der Waals surface area contributed by atoms with E-state index in [0.717, 1.165) is 5.56 Å². The molecule has 0 saturated heterocycles. The molecule has 1 atom stereocenters. The Hall–Kier alpha value is -2.18. The van der Waals surface area contributed by atoms with Crippen LogP contribution in [-0.2, 0) is 0 Å². The highest BCUT2D eigenvalue weighted by molar-refractivity contribution is 6.30. The number of carbonyl (C=O) groups excluding carboxylic acids is 1. The van der Waals surface area contributed by atoms with E-state index in [1.165, 1.54) is 12.4 Å². The number of aliphatic hydroxyl groups excluding tert-OH is 1. The molecule has 0 aromatic carbocycles. The van der Waals surface area contributed by atoms with Crippen molar-refractivity contribution in [3.05, 3.63) is 52.9 Å². The molecule has 7 heteroatoms. The molecule has 1 aliphatic rings. The van der Waals surface area contributed by atoms with Gasteiger partial charge in [0.05, 0.1) is 29.8 Å². The van der Waals surface area contributed by atoms with E-state index in [1.54, 1.807) is 25.4 Å². The fraction of sp³-hybridized carbons (Fsp3) is 0.353. The normalized spacial score (nSPS) is 20.8. The molecule has 126 valence electrons. The van der Waals surface area contributed by atoms with Crippen molar-refractivity contribution in [2.75, 3.05) is 7.11 Å². The predicted octanol–water partition coefficient (Wildman–Crippen LogP) is 2.38. The molecule has 2 heterocycles. The Morgan fingerprint density at radius 3 is 2.75 bits per heavy atom. The van der Waals surface area contributed by atoms with Crippen molar-refractivity contribution in [2.45, 2.75) is 25.0 Å². The number of amides is 1. The molecule has 2 aromatic rings. The fourth-order valence-electron chi connectivity index (χ4n) is 2.83. The van der Waals surface area contributed by atoms with Crippen LogP contribution in [0.2, 0.25) is 5.02 Å². The zero-order valence-corrected chi connectivity index (χ0v) is 13.9. The molecule has 1 saturated carbocycles. The SMILES string of the molecule is COc1ccc(C(NC(=O)c2cncc(Cl)c2)C2CC(O)C2)cn1. The highest BCUT2D eigenvalue weighted by atomic mass is 35.5.